The summed E-state index contributed by atoms with van der Waals surface area (Å²) in [6.45, 7) is 9.83. The van der Waals surface area contributed by atoms with Gasteiger partial charge in [-0.2, -0.15) is 0 Å². The van der Waals surface area contributed by atoms with Crippen molar-refractivity contribution in [2.45, 2.75) is 0 Å². The number of anilines is 1. The molecule has 0 aliphatic carbocycles. The van der Waals surface area contributed by atoms with Gasteiger partial charge >= 0.3 is 23.9 Å². The molecule has 0 amide bonds. The number of nitrogens with one attached hydrogen (secondary N) is 1. The molecule has 0 spiro atoms. The molecule has 1 aromatic carbocycles. The van der Waals surface area contributed by atoms with E-state index < -0.39 is 40.2 Å². The molecule has 1 N–H and O–H groups in total. The van der Waals surface area contributed by atoms with Gasteiger partial charge < -0.3 is 37.9 Å². The topological polar surface area (TPSA) is 188 Å². The van der Waals surface area contributed by atoms with Crippen molar-refractivity contribution in [2.24, 2.45) is 5.41 Å². The van der Waals surface area contributed by atoms with Crippen LogP contribution in [0.4, 0.5) is 5.69 Å². The molecular formula is C29H39NO14S. The van der Waals surface area contributed by atoms with E-state index in [2.05, 4.69) is 24.5 Å². The number of esters is 4. The lowest BCUT2D eigenvalue weighted by atomic mass is 9.92. The molecular weight excluding hydrogens is 618 g/mol. The lowest BCUT2D eigenvalue weighted by Crippen LogP contribution is -2.43. The maximum Gasteiger partial charge on any atom is 0.338 e. The van der Waals surface area contributed by atoms with Crippen molar-refractivity contribution in [3.05, 3.63) is 67.8 Å². The molecule has 1 rings (SSSR count). The molecule has 0 atom stereocenters. The second-order valence-corrected chi connectivity index (χ2v) is 9.65. The van der Waals surface area contributed by atoms with Crippen LogP contribution in [-0.2, 0) is 63.2 Å². The Hall–Kier alpha value is -4.09. The van der Waals surface area contributed by atoms with Crippen LogP contribution in [0.25, 0.3) is 0 Å². The summed E-state index contributed by atoms with van der Waals surface area (Å²) in [4.78, 5) is 46.3. The maximum atomic E-state index is 12.4. The van der Waals surface area contributed by atoms with Gasteiger partial charge in [0.15, 0.2) is 0 Å². The van der Waals surface area contributed by atoms with E-state index in [4.69, 9.17) is 37.9 Å². The number of rotatable bonds is 26. The van der Waals surface area contributed by atoms with Crippen molar-refractivity contribution in [1.29, 1.82) is 0 Å². The van der Waals surface area contributed by atoms with Crippen molar-refractivity contribution >= 4 is 40.5 Å². The zero-order valence-corrected chi connectivity index (χ0v) is 25.7. The lowest BCUT2D eigenvalue weighted by molar-refractivity contribution is -0.145. The summed E-state index contributed by atoms with van der Waals surface area (Å²) in [5.41, 5.74) is -0.453. The molecule has 15 nitrogen and oxygen atoms in total. The largest absolute Gasteiger partial charge is 0.460 e. The van der Waals surface area contributed by atoms with Crippen molar-refractivity contribution in [1.82, 2.24) is 0 Å². The average molecular weight is 658 g/mol. The first-order chi connectivity index (χ1) is 21.6. The van der Waals surface area contributed by atoms with Crippen LogP contribution in [0.15, 0.2) is 62.2 Å². The van der Waals surface area contributed by atoms with Crippen LogP contribution in [0.5, 0.6) is 0 Å². The zero-order valence-electron chi connectivity index (χ0n) is 24.8. The predicted octanol–water partition coefficient (Wildman–Crippen LogP) is 1.02. The molecule has 250 valence electrons. The first-order valence-electron chi connectivity index (χ1n) is 13.5. The molecule has 45 heavy (non-hydrogen) atoms. The van der Waals surface area contributed by atoms with Crippen molar-refractivity contribution < 1.29 is 65.5 Å². The number of hydrogen-bond donors (Lipinski definition) is 2. The Morgan fingerprint density at radius 1 is 0.600 bits per heavy atom. The highest BCUT2D eigenvalue weighted by Gasteiger charge is 2.33. The van der Waals surface area contributed by atoms with Crippen LogP contribution >= 0.6 is 0 Å². The number of ether oxygens (including phenoxy) is 8. The Bertz CT molecular complexity index is 1100. The van der Waals surface area contributed by atoms with Gasteiger partial charge in [0, 0.05) is 23.9 Å². The molecule has 1 aromatic rings. The third-order valence-corrected chi connectivity index (χ3v) is 5.79. The third kappa shape index (κ3) is 18.3. The van der Waals surface area contributed by atoms with E-state index in [-0.39, 0.29) is 84.8 Å². The fourth-order valence-electron chi connectivity index (χ4n) is 3.25. The van der Waals surface area contributed by atoms with Crippen LogP contribution in [-0.4, -0.2) is 112 Å². The first kappa shape index (κ1) is 38.9. The number of thiol groups is 1. The van der Waals surface area contributed by atoms with Crippen molar-refractivity contribution in [2.75, 3.05) is 84.0 Å². The van der Waals surface area contributed by atoms with Gasteiger partial charge in [0.05, 0.1) is 63.8 Å². The van der Waals surface area contributed by atoms with E-state index in [0.717, 1.165) is 18.2 Å². The highest BCUT2D eigenvalue weighted by atomic mass is 32.2. The van der Waals surface area contributed by atoms with Gasteiger partial charge in [-0.1, -0.05) is 19.7 Å². The van der Waals surface area contributed by atoms with Gasteiger partial charge in [-0.05, 0) is 24.3 Å². The molecule has 0 saturated heterocycles. The first-order valence-corrected chi connectivity index (χ1v) is 14.7. The fourth-order valence-corrected chi connectivity index (χ4v) is 3.61. The van der Waals surface area contributed by atoms with E-state index in [9.17, 15) is 27.6 Å². The normalized spacial score (nSPS) is 10.9. The van der Waals surface area contributed by atoms with E-state index in [1.54, 1.807) is 0 Å². The van der Waals surface area contributed by atoms with E-state index in [1.807, 2.05) is 0 Å². The summed E-state index contributed by atoms with van der Waals surface area (Å²) >= 11 is 0. The van der Waals surface area contributed by atoms with E-state index in [1.165, 1.54) is 24.3 Å². The molecule has 0 radical (unpaired) electrons. The van der Waals surface area contributed by atoms with Crippen molar-refractivity contribution in [3.63, 3.8) is 0 Å². The van der Waals surface area contributed by atoms with Gasteiger partial charge in [-0.3, -0.25) is 4.72 Å². The number of hydrogen-bond acceptors (Lipinski definition) is 14. The molecule has 0 heterocycles. The third-order valence-electron chi connectivity index (χ3n) is 5.35. The van der Waals surface area contributed by atoms with Gasteiger partial charge in [-0.15, -0.1) is 0 Å². The SMILES string of the molecule is C=CC(=O)OCCOCC(COCCOC(=O)C=C)(COCCOC(=O)C=C)COCCOC(=O)c1ccc(N[SH](=O)=O)cc1. The molecule has 0 aromatic heterocycles. The van der Waals surface area contributed by atoms with E-state index in [0.29, 0.717) is 5.69 Å². The molecule has 0 fully saturated rings. The predicted molar refractivity (Wildman–Crippen MR) is 160 cm³/mol. The molecule has 16 heteroatoms. The Morgan fingerprint density at radius 2 is 0.956 bits per heavy atom. The molecule has 0 aliphatic heterocycles. The Labute approximate surface area is 263 Å². The van der Waals surface area contributed by atoms with Gasteiger partial charge in [0.1, 0.15) is 26.4 Å². The Morgan fingerprint density at radius 3 is 1.29 bits per heavy atom. The van der Waals surface area contributed by atoms with Crippen LogP contribution < -0.4 is 4.72 Å². The van der Waals surface area contributed by atoms with Gasteiger partial charge in [0.2, 0.25) is 10.9 Å². The minimum Gasteiger partial charge on any atom is -0.460 e. The number of carbonyl (C=O) groups is 4. The zero-order chi connectivity index (χ0) is 33.3. The lowest BCUT2D eigenvalue weighted by Gasteiger charge is -2.33. The van der Waals surface area contributed by atoms with E-state index >= 15 is 0 Å². The van der Waals surface area contributed by atoms with Crippen LogP contribution in [0.3, 0.4) is 0 Å². The van der Waals surface area contributed by atoms with Crippen LogP contribution in [0, 0.1) is 5.41 Å². The van der Waals surface area contributed by atoms with Crippen LogP contribution in [0.2, 0.25) is 0 Å². The minimum absolute atomic E-state index is 0.00656. The summed E-state index contributed by atoms with van der Waals surface area (Å²) in [7, 11) is -2.83. The second kappa shape index (κ2) is 23.3. The number of benzene rings is 1. The quantitative estimate of drug-likeness (QED) is 0.0472. The van der Waals surface area contributed by atoms with Gasteiger partial charge in [0.25, 0.3) is 0 Å². The molecule has 0 unspecified atom stereocenters. The summed E-state index contributed by atoms with van der Waals surface area (Å²) in [6, 6.07) is 5.65. The van der Waals surface area contributed by atoms with Crippen molar-refractivity contribution in [3.8, 4) is 0 Å². The summed E-state index contributed by atoms with van der Waals surface area (Å²) in [5, 5.41) is 0. The number of carbonyl (C=O) groups excluding carboxylic acids is 4. The Kier molecular flexibility index (Phi) is 20.2. The Balaban J connectivity index is 2.80. The standard InChI is InChI=1S/C29H39NO14S/c1-4-25(31)41-15-11-37-19-29(20-38-12-16-42-26(32)5-2,21-39-13-17-43-27(33)6-3)22-40-14-18-44-28(34)23-7-9-24(10-8-23)30-45(35)36/h4-10,45H,1-3,11-22H2,(H,30,35,36). The summed E-state index contributed by atoms with van der Waals surface area (Å²) in [5.74, 6) is -2.46. The highest BCUT2D eigenvalue weighted by Crippen LogP contribution is 2.21. The summed E-state index contributed by atoms with van der Waals surface area (Å²) in [6.07, 6.45) is 3.07. The molecule has 0 bridgehead atoms. The summed E-state index contributed by atoms with van der Waals surface area (Å²) < 4.78 is 66.7. The smallest absolute Gasteiger partial charge is 0.338 e. The highest BCUT2D eigenvalue weighted by molar-refractivity contribution is 7.73. The molecule has 0 aliphatic rings. The minimum atomic E-state index is -2.83. The average Bonchev–Trinajstić information content (AvgIpc) is 3.03. The molecule has 0 saturated carbocycles. The fraction of sp³-hybridized carbons (Fsp3) is 0.448. The monoisotopic (exact) mass is 657 g/mol. The van der Waals surface area contributed by atoms with Gasteiger partial charge in [-0.25, -0.2) is 27.6 Å². The maximum absolute atomic E-state index is 12.4. The van der Waals surface area contributed by atoms with Crippen LogP contribution in [0.1, 0.15) is 10.4 Å². The second-order valence-electron chi connectivity index (χ2n) is 8.91.